The van der Waals surface area contributed by atoms with Crippen molar-refractivity contribution in [1.29, 1.82) is 0 Å². The van der Waals surface area contributed by atoms with Gasteiger partial charge in [-0.15, -0.1) is 0 Å². The predicted octanol–water partition coefficient (Wildman–Crippen LogP) is 5.39. The number of anilines is 1. The summed E-state index contributed by atoms with van der Waals surface area (Å²) in [6, 6.07) is 14.3. The number of imidazole rings is 1. The van der Waals surface area contributed by atoms with E-state index in [4.69, 9.17) is 15.7 Å². The maximum absolute atomic E-state index is 11.3. The van der Waals surface area contributed by atoms with Gasteiger partial charge in [0.1, 0.15) is 11.3 Å². The van der Waals surface area contributed by atoms with Gasteiger partial charge in [-0.1, -0.05) is 38.2 Å². The van der Waals surface area contributed by atoms with Crippen LogP contribution in [0.25, 0.3) is 28.2 Å². The minimum Gasteiger partial charge on any atom is -0.478 e. The number of aromatic nitrogens is 4. The first kappa shape index (κ1) is 22.0. The van der Waals surface area contributed by atoms with Gasteiger partial charge in [-0.3, -0.25) is 4.57 Å². The summed E-state index contributed by atoms with van der Waals surface area (Å²) in [6.07, 6.45) is 10.8. The van der Waals surface area contributed by atoms with Crippen molar-refractivity contribution in [2.45, 2.75) is 26.2 Å². The highest BCUT2D eigenvalue weighted by Crippen LogP contribution is 2.32. The molecule has 4 aromatic rings. The lowest BCUT2D eigenvalue weighted by molar-refractivity contribution is 0.0697. The van der Waals surface area contributed by atoms with E-state index < -0.39 is 5.97 Å². The number of pyridine rings is 2. The number of carboxylic acid groups (broad SMARTS) is 1. The number of benzene rings is 1. The van der Waals surface area contributed by atoms with Gasteiger partial charge in [-0.05, 0) is 55.0 Å². The zero-order chi connectivity index (χ0) is 23.4. The summed E-state index contributed by atoms with van der Waals surface area (Å²) in [4.78, 5) is 25.2. The molecule has 0 aliphatic heterocycles. The van der Waals surface area contributed by atoms with E-state index in [2.05, 4.69) is 17.1 Å². The van der Waals surface area contributed by atoms with E-state index >= 15 is 0 Å². The molecule has 0 radical (unpaired) electrons. The van der Waals surface area contributed by atoms with Crippen molar-refractivity contribution in [3.63, 3.8) is 0 Å². The van der Waals surface area contributed by atoms with Crippen molar-refractivity contribution in [3.05, 3.63) is 90.3 Å². The molecule has 0 saturated heterocycles. The summed E-state index contributed by atoms with van der Waals surface area (Å²) in [5, 5.41) is 9.26. The average Bonchev–Trinajstić information content (AvgIpc) is 3.24. The maximum atomic E-state index is 11.3. The zero-order valence-electron chi connectivity index (χ0n) is 18.5. The zero-order valence-corrected chi connectivity index (χ0v) is 18.5. The van der Waals surface area contributed by atoms with Crippen molar-refractivity contribution in [3.8, 4) is 17.1 Å². The van der Waals surface area contributed by atoms with E-state index in [-0.39, 0.29) is 11.5 Å². The Bertz CT molecular complexity index is 1350. The number of nitrogens with two attached hydrogens (primary N) is 1. The molecule has 0 amide bonds. The van der Waals surface area contributed by atoms with E-state index in [1.54, 1.807) is 36.5 Å². The van der Waals surface area contributed by atoms with Crippen LogP contribution < -0.4 is 5.73 Å². The van der Waals surface area contributed by atoms with E-state index in [9.17, 15) is 9.90 Å². The number of nitrogens with zero attached hydrogens (tertiary/aromatic N) is 4. The first-order valence-electron chi connectivity index (χ1n) is 10.9. The third-order valence-electron chi connectivity index (χ3n) is 5.34. The van der Waals surface area contributed by atoms with Crippen molar-refractivity contribution in [2.24, 2.45) is 0 Å². The fourth-order valence-corrected chi connectivity index (χ4v) is 3.76. The van der Waals surface area contributed by atoms with Crippen LogP contribution in [0.1, 0.15) is 42.2 Å². The van der Waals surface area contributed by atoms with Gasteiger partial charge >= 0.3 is 5.97 Å². The van der Waals surface area contributed by atoms with E-state index in [0.29, 0.717) is 22.9 Å². The second-order valence-electron chi connectivity index (χ2n) is 7.29. The molecule has 5 rings (SSSR count). The van der Waals surface area contributed by atoms with Gasteiger partial charge in [-0.25, -0.2) is 19.7 Å². The highest BCUT2D eigenvalue weighted by Gasteiger charge is 2.20. The second kappa shape index (κ2) is 9.48. The largest absolute Gasteiger partial charge is 0.478 e. The predicted molar refractivity (Wildman–Crippen MR) is 130 cm³/mol. The molecule has 3 N–H and O–H groups in total. The normalized spacial score (nSPS) is 14.7. The van der Waals surface area contributed by atoms with Crippen LogP contribution in [0.4, 0.5) is 5.82 Å². The number of carbonyl (C=O) groups is 1. The molecule has 1 aliphatic rings. The molecule has 0 bridgehead atoms. The fraction of sp³-hybridized carbons (Fsp3) is 0.154. The summed E-state index contributed by atoms with van der Waals surface area (Å²) in [5.74, 6) is 0.185. The fourth-order valence-electron chi connectivity index (χ4n) is 3.76. The molecule has 7 heteroatoms. The lowest BCUT2D eigenvalue weighted by Crippen LogP contribution is -2.04. The second-order valence-corrected chi connectivity index (χ2v) is 7.29. The van der Waals surface area contributed by atoms with Gasteiger partial charge < -0.3 is 10.8 Å². The molecule has 33 heavy (non-hydrogen) atoms. The Morgan fingerprint density at radius 2 is 1.85 bits per heavy atom. The van der Waals surface area contributed by atoms with Crippen molar-refractivity contribution in [1.82, 2.24) is 19.5 Å². The van der Waals surface area contributed by atoms with E-state index in [1.807, 2.05) is 48.8 Å². The number of aromatic carboxylic acids is 1. The lowest BCUT2D eigenvalue weighted by atomic mass is 9.97. The van der Waals surface area contributed by atoms with E-state index in [1.165, 1.54) is 0 Å². The summed E-state index contributed by atoms with van der Waals surface area (Å²) >= 11 is 0. The Labute approximate surface area is 192 Å². The SMILES string of the molecule is CC.Nc1ncccc1-c1nc2ccc(C3C=CC=CC3)nc2n1-c1ccc(C(=O)O)cc1. The summed E-state index contributed by atoms with van der Waals surface area (Å²) in [7, 11) is 0. The van der Waals surface area contributed by atoms with Crippen LogP contribution in [-0.4, -0.2) is 30.6 Å². The molecular formula is C26H25N5O2. The van der Waals surface area contributed by atoms with Crippen LogP contribution >= 0.6 is 0 Å². The molecular weight excluding hydrogens is 414 g/mol. The van der Waals surface area contributed by atoms with Crippen LogP contribution in [0.2, 0.25) is 0 Å². The number of allylic oxidation sites excluding steroid dienone is 4. The molecule has 1 aliphatic carbocycles. The number of hydrogen-bond donors (Lipinski definition) is 2. The van der Waals surface area contributed by atoms with Gasteiger partial charge in [0.2, 0.25) is 0 Å². The maximum Gasteiger partial charge on any atom is 0.335 e. The average molecular weight is 440 g/mol. The number of fused-ring (bicyclic) bond motifs is 1. The standard InChI is InChI=1S/C24H19N5O2.C2H6/c25-21-18(7-4-14-26-21)22-28-20-13-12-19(15-5-2-1-3-6-15)27-23(20)29(22)17-10-8-16(9-11-17)24(30)31;1-2/h1-5,7-15H,6H2,(H2,25,26)(H,30,31);1-2H3. The number of hydrogen-bond acceptors (Lipinski definition) is 5. The highest BCUT2D eigenvalue weighted by atomic mass is 16.4. The number of carboxylic acids is 1. The van der Waals surface area contributed by atoms with Crippen LogP contribution in [0.5, 0.6) is 0 Å². The lowest BCUT2D eigenvalue weighted by Gasteiger charge is -2.14. The Hall–Kier alpha value is -4.26. The highest BCUT2D eigenvalue weighted by molar-refractivity contribution is 5.88. The molecule has 0 fully saturated rings. The van der Waals surface area contributed by atoms with Crippen molar-refractivity contribution < 1.29 is 9.90 Å². The van der Waals surface area contributed by atoms with Gasteiger partial charge in [0.15, 0.2) is 11.5 Å². The number of nitrogen functional groups attached to an aromatic ring is 1. The smallest absolute Gasteiger partial charge is 0.335 e. The van der Waals surface area contributed by atoms with Crippen LogP contribution in [0.3, 0.4) is 0 Å². The quantitative estimate of drug-likeness (QED) is 0.442. The van der Waals surface area contributed by atoms with Gasteiger partial charge in [0, 0.05) is 17.8 Å². The summed E-state index contributed by atoms with van der Waals surface area (Å²) < 4.78 is 1.90. The first-order valence-corrected chi connectivity index (χ1v) is 10.9. The Morgan fingerprint density at radius 1 is 1.06 bits per heavy atom. The third-order valence-corrected chi connectivity index (χ3v) is 5.34. The first-order chi connectivity index (χ1) is 16.1. The molecule has 7 nitrogen and oxygen atoms in total. The molecule has 0 spiro atoms. The minimum absolute atomic E-state index is 0.194. The van der Waals surface area contributed by atoms with Gasteiger partial charge in [0.25, 0.3) is 0 Å². The summed E-state index contributed by atoms with van der Waals surface area (Å²) in [5.41, 5.74) is 10.1. The Balaban J connectivity index is 0.00000126. The van der Waals surface area contributed by atoms with Crippen molar-refractivity contribution in [2.75, 3.05) is 5.73 Å². The third kappa shape index (κ3) is 4.25. The van der Waals surface area contributed by atoms with Gasteiger partial charge in [-0.2, -0.15) is 0 Å². The minimum atomic E-state index is -0.976. The molecule has 3 heterocycles. The Kier molecular flexibility index (Phi) is 6.31. The van der Waals surface area contributed by atoms with E-state index in [0.717, 1.165) is 23.3 Å². The summed E-state index contributed by atoms with van der Waals surface area (Å²) in [6.45, 7) is 4.00. The molecule has 0 saturated carbocycles. The van der Waals surface area contributed by atoms with Crippen molar-refractivity contribution >= 4 is 23.0 Å². The monoisotopic (exact) mass is 439 g/mol. The van der Waals surface area contributed by atoms with Crippen LogP contribution in [0, 0.1) is 0 Å². The molecule has 166 valence electrons. The molecule has 1 aromatic carbocycles. The topological polar surface area (TPSA) is 107 Å². The number of rotatable bonds is 4. The van der Waals surface area contributed by atoms with Crippen LogP contribution in [-0.2, 0) is 0 Å². The molecule has 1 unspecified atom stereocenters. The molecule has 1 atom stereocenters. The Morgan fingerprint density at radius 3 is 2.52 bits per heavy atom. The molecule has 3 aromatic heterocycles. The van der Waals surface area contributed by atoms with Gasteiger partial charge in [0.05, 0.1) is 16.8 Å². The van der Waals surface area contributed by atoms with Crippen LogP contribution in [0.15, 0.2) is 79.0 Å².